The lowest BCUT2D eigenvalue weighted by Crippen LogP contribution is -2.04. The second-order valence-electron chi connectivity index (χ2n) is 4.99. The molecular weight excluding hydrogens is 180 g/mol. The molecule has 0 aromatic carbocycles. The largest absolute Gasteiger partial charge is 0.0810 e. The van der Waals surface area contributed by atoms with Crippen molar-refractivity contribution in [1.29, 1.82) is 0 Å². The molecule has 84 valence electrons. The summed E-state index contributed by atoms with van der Waals surface area (Å²) in [7, 11) is 0. The van der Waals surface area contributed by atoms with E-state index in [1.807, 2.05) is 0 Å². The highest BCUT2D eigenvalue weighted by molar-refractivity contribution is 5.41. The summed E-state index contributed by atoms with van der Waals surface area (Å²) in [5, 5.41) is 0. The van der Waals surface area contributed by atoms with Gasteiger partial charge in [-0.15, -0.1) is 0 Å². The molecule has 0 aliphatic heterocycles. The van der Waals surface area contributed by atoms with Gasteiger partial charge in [-0.05, 0) is 68.4 Å². The van der Waals surface area contributed by atoms with Gasteiger partial charge in [-0.25, -0.2) is 0 Å². The van der Waals surface area contributed by atoms with Gasteiger partial charge in [-0.1, -0.05) is 25.5 Å². The first-order valence-corrected chi connectivity index (χ1v) is 6.78. The van der Waals surface area contributed by atoms with Crippen molar-refractivity contribution in [2.45, 2.75) is 65.2 Å². The van der Waals surface area contributed by atoms with Crippen molar-refractivity contribution in [3.05, 3.63) is 22.8 Å². The van der Waals surface area contributed by atoms with Crippen LogP contribution in [0.25, 0.3) is 0 Å². The average Bonchev–Trinajstić information content (AvgIpc) is 2.72. The maximum Gasteiger partial charge on any atom is -0.0159 e. The smallest absolute Gasteiger partial charge is 0.0159 e. The molecule has 0 nitrogen and oxygen atoms in total. The fraction of sp³-hybridized carbons (Fsp3) is 0.733. The van der Waals surface area contributed by atoms with Crippen LogP contribution >= 0.6 is 0 Å². The summed E-state index contributed by atoms with van der Waals surface area (Å²) in [4.78, 5) is 0. The summed E-state index contributed by atoms with van der Waals surface area (Å²) in [6.07, 6.45) is 13.5. The van der Waals surface area contributed by atoms with Gasteiger partial charge in [0.2, 0.25) is 0 Å². The van der Waals surface area contributed by atoms with Gasteiger partial charge < -0.3 is 0 Å². The van der Waals surface area contributed by atoms with Gasteiger partial charge in [0.25, 0.3) is 0 Å². The molecule has 2 aliphatic carbocycles. The second-order valence-corrected chi connectivity index (χ2v) is 4.99. The Morgan fingerprint density at radius 3 is 2.67 bits per heavy atom. The Kier molecular flexibility index (Phi) is 3.66. The minimum Gasteiger partial charge on any atom is -0.0810 e. The molecule has 0 bridgehead atoms. The SMILES string of the molecule is CCC1=C(C2=CCCCC2)C(CC)CC1. The quantitative estimate of drug-likeness (QED) is 0.606. The minimum absolute atomic E-state index is 0.893. The molecule has 0 saturated heterocycles. The Labute approximate surface area is 94.5 Å². The third-order valence-corrected chi connectivity index (χ3v) is 4.14. The highest BCUT2D eigenvalue weighted by Gasteiger charge is 2.25. The average molecular weight is 204 g/mol. The highest BCUT2D eigenvalue weighted by Crippen LogP contribution is 2.42. The minimum atomic E-state index is 0.893. The lowest BCUT2D eigenvalue weighted by molar-refractivity contribution is 0.576. The zero-order valence-electron chi connectivity index (χ0n) is 10.3. The van der Waals surface area contributed by atoms with E-state index in [2.05, 4.69) is 19.9 Å². The molecule has 0 aromatic rings. The first-order valence-electron chi connectivity index (χ1n) is 6.78. The van der Waals surface area contributed by atoms with E-state index in [-0.39, 0.29) is 0 Å². The first-order chi connectivity index (χ1) is 7.36. The maximum atomic E-state index is 2.53. The van der Waals surface area contributed by atoms with Gasteiger partial charge in [0.15, 0.2) is 0 Å². The molecule has 1 atom stereocenters. The van der Waals surface area contributed by atoms with Gasteiger partial charge in [0.1, 0.15) is 0 Å². The molecule has 0 spiro atoms. The van der Waals surface area contributed by atoms with E-state index >= 15 is 0 Å². The second kappa shape index (κ2) is 5.01. The third-order valence-electron chi connectivity index (χ3n) is 4.14. The molecule has 15 heavy (non-hydrogen) atoms. The number of rotatable bonds is 3. The fourth-order valence-corrected chi connectivity index (χ4v) is 3.26. The van der Waals surface area contributed by atoms with Crippen LogP contribution in [0.3, 0.4) is 0 Å². The summed E-state index contributed by atoms with van der Waals surface area (Å²) in [5.41, 5.74) is 5.29. The highest BCUT2D eigenvalue weighted by atomic mass is 14.3. The predicted octanol–water partition coefficient (Wildman–Crippen LogP) is 5.01. The lowest BCUT2D eigenvalue weighted by atomic mass is 9.85. The van der Waals surface area contributed by atoms with Crippen LogP contribution in [-0.2, 0) is 0 Å². The normalized spacial score (nSPS) is 27.1. The van der Waals surface area contributed by atoms with Gasteiger partial charge in [0.05, 0.1) is 0 Å². The van der Waals surface area contributed by atoms with Gasteiger partial charge >= 0.3 is 0 Å². The van der Waals surface area contributed by atoms with E-state index in [1.165, 1.54) is 51.4 Å². The van der Waals surface area contributed by atoms with Crippen molar-refractivity contribution in [3.8, 4) is 0 Å². The van der Waals surface area contributed by atoms with Crippen LogP contribution in [0.2, 0.25) is 0 Å². The Morgan fingerprint density at radius 2 is 2.07 bits per heavy atom. The molecule has 0 heteroatoms. The van der Waals surface area contributed by atoms with Crippen molar-refractivity contribution in [3.63, 3.8) is 0 Å². The molecule has 1 unspecified atom stereocenters. The Hall–Kier alpha value is -0.520. The standard InChI is InChI=1S/C15H24/c1-3-12-10-11-13(4-2)15(12)14-8-6-5-7-9-14/h8,12H,3-7,9-11H2,1-2H3. The van der Waals surface area contributed by atoms with Crippen LogP contribution < -0.4 is 0 Å². The van der Waals surface area contributed by atoms with Crippen LogP contribution in [0.4, 0.5) is 0 Å². The molecule has 0 fully saturated rings. The fourth-order valence-electron chi connectivity index (χ4n) is 3.26. The molecule has 0 heterocycles. The van der Waals surface area contributed by atoms with E-state index in [4.69, 9.17) is 0 Å². The Bertz CT molecular complexity index is 280. The third kappa shape index (κ3) is 2.19. The number of allylic oxidation sites excluding steroid dienone is 4. The van der Waals surface area contributed by atoms with Crippen LogP contribution in [-0.4, -0.2) is 0 Å². The summed E-state index contributed by atoms with van der Waals surface area (Å²) in [5.74, 6) is 0.893. The van der Waals surface area contributed by atoms with Crippen molar-refractivity contribution in [2.75, 3.05) is 0 Å². The van der Waals surface area contributed by atoms with Crippen molar-refractivity contribution in [2.24, 2.45) is 5.92 Å². The Balaban J connectivity index is 2.25. The molecule has 2 aliphatic rings. The topological polar surface area (TPSA) is 0 Å². The summed E-state index contributed by atoms with van der Waals surface area (Å²) >= 11 is 0. The summed E-state index contributed by atoms with van der Waals surface area (Å²) < 4.78 is 0. The zero-order chi connectivity index (χ0) is 10.7. The Morgan fingerprint density at radius 1 is 1.20 bits per heavy atom. The lowest BCUT2D eigenvalue weighted by Gasteiger charge is -2.20. The molecule has 2 rings (SSSR count). The predicted molar refractivity (Wildman–Crippen MR) is 66.9 cm³/mol. The molecule has 0 amide bonds. The first kappa shape index (κ1) is 11.0. The number of hydrogen-bond acceptors (Lipinski definition) is 0. The monoisotopic (exact) mass is 204 g/mol. The van der Waals surface area contributed by atoms with Crippen molar-refractivity contribution >= 4 is 0 Å². The van der Waals surface area contributed by atoms with Gasteiger partial charge in [0, 0.05) is 0 Å². The summed E-state index contributed by atoms with van der Waals surface area (Å²) in [6, 6.07) is 0. The number of hydrogen-bond donors (Lipinski definition) is 0. The van der Waals surface area contributed by atoms with E-state index < -0.39 is 0 Å². The molecule has 0 N–H and O–H groups in total. The molecule has 0 radical (unpaired) electrons. The van der Waals surface area contributed by atoms with Crippen LogP contribution in [0, 0.1) is 5.92 Å². The molecule has 0 saturated carbocycles. The summed E-state index contributed by atoms with van der Waals surface area (Å²) in [6.45, 7) is 4.68. The van der Waals surface area contributed by atoms with Crippen LogP contribution in [0.5, 0.6) is 0 Å². The van der Waals surface area contributed by atoms with Gasteiger partial charge in [-0.3, -0.25) is 0 Å². The van der Waals surface area contributed by atoms with Crippen molar-refractivity contribution < 1.29 is 0 Å². The van der Waals surface area contributed by atoms with E-state index in [1.54, 1.807) is 16.7 Å². The van der Waals surface area contributed by atoms with Crippen molar-refractivity contribution in [1.82, 2.24) is 0 Å². The molecular formula is C15H24. The van der Waals surface area contributed by atoms with E-state index in [0.717, 1.165) is 5.92 Å². The van der Waals surface area contributed by atoms with E-state index in [0.29, 0.717) is 0 Å². The van der Waals surface area contributed by atoms with E-state index in [9.17, 15) is 0 Å². The maximum absolute atomic E-state index is 2.53. The molecule has 0 aromatic heterocycles. The van der Waals surface area contributed by atoms with Crippen LogP contribution in [0.15, 0.2) is 22.8 Å². The zero-order valence-corrected chi connectivity index (χ0v) is 10.3. The van der Waals surface area contributed by atoms with Gasteiger partial charge in [-0.2, -0.15) is 0 Å². The van der Waals surface area contributed by atoms with Crippen LogP contribution in [0.1, 0.15) is 65.2 Å².